The number of benzene rings is 3. The minimum absolute atomic E-state index is 0.00880. The lowest BCUT2D eigenvalue weighted by Gasteiger charge is -2.25. The van der Waals surface area contributed by atoms with Crippen molar-refractivity contribution in [3.63, 3.8) is 0 Å². The number of nitrogens with one attached hydrogen (secondary N) is 1. The molecule has 0 saturated heterocycles. The molecular weight excluding hydrogens is 452 g/mol. The lowest BCUT2D eigenvalue weighted by molar-refractivity contribution is -0.121. The van der Waals surface area contributed by atoms with Gasteiger partial charge in [0.2, 0.25) is 5.91 Å². The summed E-state index contributed by atoms with van der Waals surface area (Å²) >= 11 is 0. The summed E-state index contributed by atoms with van der Waals surface area (Å²) < 4.78 is 10.3. The number of amides is 1. The van der Waals surface area contributed by atoms with Gasteiger partial charge in [-0.15, -0.1) is 0 Å². The standard InChI is InChI=1S/C29H32N4O3/c1-35-21-18-30-27(34)17-20-33(19-16-22-8-4-3-5-9-22)29-25-10-6-7-11-26(25)31-28(32-29)23-12-14-24(36-2)15-13-23/h3-15H,16-21H2,1-2H3,(H,30,34). The maximum Gasteiger partial charge on any atom is 0.221 e. The lowest BCUT2D eigenvalue weighted by atomic mass is 10.1. The summed E-state index contributed by atoms with van der Waals surface area (Å²) in [5, 5.41) is 3.87. The number of fused-ring (bicyclic) bond motifs is 1. The first-order valence-corrected chi connectivity index (χ1v) is 12.1. The molecule has 7 heteroatoms. The summed E-state index contributed by atoms with van der Waals surface area (Å²) in [4.78, 5) is 24.5. The predicted octanol–water partition coefficient (Wildman–Crippen LogP) is 4.51. The Hall–Kier alpha value is -3.97. The van der Waals surface area contributed by atoms with E-state index in [1.54, 1.807) is 14.2 Å². The number of para-hydroxylation sites is 1. The smallest absolute Gasteiger partial charge is 0.221 e. The van der Waals surface area contributed by atoms with Gasteiger partial charge in [-0.25, -0.2) is 9.97 Å². The summed E-state index contributed by atoms with van der Waals surface area (Å²) in [5.41, 5.74) is 3.01. The molecule has 0 saturated carbocycles. The number of hydrogen-bond acceptors (Lipinski definition) is 6. The number of rotatable bonds is 12. The third kappa shape index (κ3) is 6.58. The van der Waals surface area contributed by atoms with E-state index < -0.39 is 0 Å². The zero-order valence-electron chi connectivity index (χ0n) is 20.8. The second-order valence-electron chi connectivity index (χ2n) is 8.43. The van der Waals surface area contributed by atoms with Crippen LogP contribution in [-0.2, 0) is 16.0 Å². The summed E-state index contributed by atoms with van der Waals surface area (Å²) in [6, 6.07) is 26.1. The minimum Gasteiger partial charge on any atom is -0.497 e. The predicted molar refractivity (Wildman–Crippen MR) is 143 cm³/mol. The Kier molecular flexibility index (Phi) is 8.83. The number of nitrogens with zero attached hydrogens (tertiary/aromatic N) is 3. The van der Waals surface area contributed by atoms with Crippen LogP contribution in [0.4, 0.5) is 5.82 Å². The summed E-state index contributed by atoms with van der Waals surface area (Å²) in [6.45, 7) is 2.25. The number of ether oxygens (including phenoxy) is 2. The molecular formula is C29H32N4O3. The fourth-order valence-electron chi connectivity index (χ4n) is 4.02. The van der Waals surface area contributed by atoms with E-state index in [1.165, 1.54) is 5.56 Å². The Morgan fingerprint density at radius 3 is 2.39 bits per heavy atom. The first-order chi connectivity index (χ1) is 17.7. The molecule has 186 valence electrons. The van der Waals surface area contributed by atoms with Gasteiger partial charge in [0, 0.05) is 44.1 Å². The zero-order chi connectivity index (χ0) is 25.2. The molecule has 0 fully saturated rings. The van der Waals surface area contributed by atoms with Crippen molar-refractivity contribution >= 4 is 22.6 Å². The summed E-state index contributed by atoms with van der Waals surface area (Å²) in [6.07, 6.45) is 1.19. The highest BCUT2D eigenvalue weighted by molar-refractivity contribution is 5.91. The van der Waals surface area contributed by atoms with Crippen molar-refractivity contribution < 1.29 is 14.3 Å². The van der Waals surface area contributed by atoms with Crippen LogP contribution in [0, 0.1) is 0 Å². The molecule has 0 unspecified atom stereocenters. The van der Waals surface area contributed by atoms with Crippen LogP contribution in [0.3, 0.4) is 0 Å². The molecule has 0 aliphatic heterocycles. The fraction of sp³-hybridized carbons (Fsp3) is 0.276. The molecule has 36 heavy (non-hydrogen) atoms. The Labute approximate surface area is 212 Å². The van der Waals surface area contributed by atoms with Crippen LogP contribution in [0.15, 0.2) is 78.9 Å². The molecule has 0 radical (unpaired) electrons. The molecule has 4 aromatic rings. The minimum atomic E-state index is -0.00880. The molecule has 1 heterocycles. The van der Waals surface area contributed by atoms with Gasteiger partial charge in [0.25, 0.3) is 0 Å². The third-order valence-corrected chi connectivity index (χ3v) is 5.98. The van der Waals surface area contributed by atoms with E-state index >= 15 is 0 Å². The SMILES string of the molecule is COCCNC(=O)CCN(CCc1ccccc1)c1nc(-c2ccc(OC)cc2)nc2ccccc12. The highest BCUT2D eigenvalue weighted by atomic mass is 16.5. The van der Waals surface area contributed by atoms with Crippen LogP contribution < -0.4 is 15.0 Å². The van der Waals surface area contributed by atoms with E-state index in [-0.39, 0.29) is 5.91 Å². The average Bonchev–Trinajstić information content (AvgIpc) is 2.93. The number of aromatic nitrogens is 2. The van der Waals surface area contributed by atoms with E-state index in [9.17, 15) is 4.79 Å². The van der Waals surface area contributed by atoms with Gasteiger partial charge in [0.15, 0.2) is 5.82 Å². The quantitative estimate of drug-likeness (QED) is 0.298. The Balaban J connectivity index is 1.67. The molecule has 1 N–H and O–H groups in total. The normalized spacial score (nSPS) is 10.8. The second-order valence-corrected chi connectivity index (χ2v) is 8.43. The van der Waals surface area contributed by atoms with Gasteiger partial charge in [0.1, 0.15) is 11.6 Å². The van der Waals surface area contributed by atoms with Gasteiger partial charge >= 0.3 is 0 Å². The van der Waals surface area contributed by atoms with Crippen molar-refractivity contribution in [1.82, 2.24) is 15.3 Å². The first kappa shape index (κ1) is 25.1. The molecule has 0 atom stereocenters. The van der Waals surface area contributed by atoms with Gasteiger partial charge in [-0.1, -0.05) is 42.5 Å². The van der Waals surface area contributed by atoms with Crippen molar-refractivity contribution in [2.75, 3.05) is 45.4 Å². The number of methoxy groups -OCH3 is 2. The number of carbonyl (C=O) groups is 1. The van der Waals surface area contributed by atoms with Gasteiger partial charge < -0.3 is 19.7 Å². The Morgan fingerprint density at radius 1 is 0.889 bits per heavy atom. The van der Waals surface area contributed by atoms with Crippen molar-refractivity contribution in [2.45, 2.75) is 12.8 Å². The largest absolute Gasteiger partial charge is 0.497 e. The van der Waals surface area contributed by atoms with Crippen molar-refractivity contribution in [3.8, 4) is 17.1 Å². The summed E-state index contributed by atoms with van der Waals surface area (Å²) in [5.74, 6) is 2.24. The molecule has 0 bridgehead atoms. The van der Waals surface area contributed by atoms with Gasteiger partial charge in [-0.2, -0.15) is 0 Å². The van der Waals surface area contributed by atoms with Crippen LogP contribution >= 0.6 is 0 Å². The average molecular weight is 485 g/mol. The van der Waals surface area contributed by atoms with Crippen LogP contribution in [0.2, 0.25) is 0 Å². The van der Waals surface area contributed by atoms with Gasteiger partial charge in [0.05, 0.1) is 19.2 Å². The Morgan fingerprint density at radius 2 is 1.64 bits per heavy atom. The third-order valence-electron chi connectivity index (χ3n) is 5.98. The van der Waals surface area contributed by atoms with Crippen LogP contribution in [-0.4, -0.2) is 56.3 Å². The zero-order valence-corrected chi connectivity index (χ0v) is 20.8. The topological polar surface area (TPSA) is 76.6 Å². The molecule has 4 rings (SSSR count). The monoisotopic (exact) mass is 484 g/mol. The van der Waals surface area contributed by atoms with Crippen molar-refractivity contribution in [1.29, 1.82) is 0 Å². The molecule has 1 amide bonds. The lowest BCUT2D eigenvalue weighted by Crippen LogP contribution is -2.34. The van der Waals surface area contributed by atoms with E-state index in [2.05, 4.69) is 22.3 Å². The summed E-state index contributed by atoms with van der Waals surface area (Å²) in [7, 11) is 3.27. The van der Waals surface area contributed by atoms with Gasteiger partial charge in [-0.05, 0) is 48.4 Å². The maximum atomic E-state index is 12.5. The van der Waals surface area contributed by atoms with Gasteiger partial charge in [-0.3, -0.25) is 4.79 Å². The van der Waals surface area contributed by atoms with E-state index in [1.807, 2.05) is 66.7 Å². The fourth-order valence-corrected chi connectivity index (χ4v) is 4.02. The number of anilines is 1. The maximum absolute atomic E-state index is 12.5. The molecule has 0 aliphatic rings. The van der Waals surface area contributed by atoms with Crippen LogP contribution in [0.1, 0.15) is 12.0 Å². The molecule has 0 aliphatic carbocycles. The molecule has 7 nitrogen and oxygen atoms in total. The first-order valence-electron chi connectivity index (χ1n) is 12.1. The second kappa shape index (κ2) is 12.7. The van der Waals surface area contributed by atoms with Crippen molar-refractivity contribution in [3.05, 3.63) is 84.4 Å². The van der Waals surface area contributed by atoms with Crippen LogP contribution in [0.5, 0.6) is 5.75 Å². The van der Waals surface area contributed by atoms with E-state index in [0.717, 1.165) is 41.0 Å². The highest BCUT2D eigenvalue weighted by Crippen LogP contribution is 2.29. The highest BCUT2D eigenvalue weighted by Gasteiger charge is 2.17. The van der Waals surface area contributed by atoms with E-state index in [0.29, 0.717) is 31.9 Å². The number of hydrogen-bond donors (Lipinski definition) is 1. The Bertz CT molecular complexity index is 1260. The number of carbonyl (C=O) groups excluding carboxylic acids is 1. The molecule has 1 aromatic heterocycles. The van der Waals surface area contributed by atoms with Crippen LogP contribution in [0.25, 0.3) is 22.3 Å². The van der Waals surface area contributed by atoms with E-state index in [4.69, 9.17) is 19.4 Å². The molecule has 0 spiro atoms. The van der Waals surface area contributed by atoms with Crippen molar-refractivity contribution in [2.24, 2.45) is 0 Å². The molecule has 3 aromatic carbocycles.